The summed E-state index contributed by atoms with van der Waals surface area (Å²) in [6.07, 6.45) is 11.1. The van der Waals surface area contributed by atoms with Gasteiger partial charge in [0.1, 0.15) is 0 Å². The maximum Gasteiger partial charge on any atom is 0.0107 e. The van der Waals surface area contributed by atoms with Crippen LogP contribution < -0.4 is 5.32 Å². The lowest BCUT2D eigenvalue weighted by molar-refractivity contribution is 0.222. The monoisotopic (exact) mass is 254 g/mol. The average molecular weight is 254 g/mol. The normalized spacial score (nSPS) is 25.3. The molecule has 0 aromatic heterocycles. The molecule has 1 fully saturated rings. The average Bonchev–Trinajstić information content (AvgIpc) is 2.59. The first-order chi connectivity index (χ1) is 8.77. The Balaban J connectivity index is 2.39. The lowest BCUT2D eigenvalue weighted by Gasteiger charge is -2.30. The van der Waals surface area contributed by atoms with Gasteiger partial charge in [-0.3, -0.25) is 0 Å². The third-order valence-corrected chi connectivity index (χ3v) is 4.26. The fraction of sp³-hybridized carbons (Fsp3) is 1.00. The standard InChI is InChI=1S/C16H34N2/c1-4-6-13-18(3)14-15-10-8-7-9-11-16(15)17-12-5-2/h15-17H,4-14H2,1-3H3. The predicted octanol–water partition coefficient (Wildman–Crippen LogP) is 3.67. The zero-order chi connectivity index (χ0) is 13.2. The first kappa shape index (κ1) is 16.0. The molecule has 1 saturated carbocycles. The van der Waals surface area contributed by atoms with E-state index < -0.39 is 0 Å². The Hall–Kier alpha value is -0.0800. The molecule has 2 nitrogen and oxygen atoms in total. The van der Waals surface area contributed by atoms with E-state index in [2.05, 4.69) is 31.1 Å². The molecular weight excluding hydrogens is 220 g/mol. The summed E-state index contributed by atoms with van der Waals surface area (Å²) in [4.78, 5) is 2.56. The van der Waals surface area contributed by atoms with Crippen LogP contribution in [0.25, 0.3) is 0 Å². The summed E-state index contributed by atoms with van der Waals surface area (Å²) >= 11 is 0. The van der Waals surface area contributed by atoms with E-state index in [0.29, 0.717) is 0 Å². The van der Waals surface area contributed by atoms with Gasteiger partial charge in [-0.15, -0.1) is 0 Å². The maximum absolute atomic E-state index is 3.80. The van der Waals surface area contributed by atoms with Gasteiger partial charge in [0.2, 0.25) is 0 Å². The van der Waals surface area contributed by atoms with Crippen molar-refractivity contribution in [2.24, 2.45) is 5.92 Å². The van der Waals surface area contributed by atoms with Gasteiger partial charge in [0.25, 0.3) is 0 Å². The van der Waals surface area contributed by atoms with Gasteiger partial charge in [-0.25, -0.2) is 0 Å². The van der Waals surface area contributed by atoms with Crippen molar-refractivity contribution in [2.75, 3.05) is 26.7 Å². The molecule has 1 N–H and O–H groups in total. The van der Waals surface area contributed by atoms with Crippen LogP contribution in [-0.4, -0.2) is 37.6 Å². The predicted molar refractivity (Wildman–Crippen MR) is 81.1 cm³/mol. The second-order valence-electron chi connectivity index (χ2n) is 6.07. The highest BCUT2D eigenvalue weighted by Crippen LogP contribution is 2.24. The van der Waals surface area contributed by atoms with E-state index >= 15 is 0 Å². The van der Waals surface area contributed by atoms with Crippen molar-refractivity contribution in [1.29, 1.82) is 0 Å². The largest absolute Gasteiger partial charge is 0.314 e. The molecule has 0 aromatic rings. The highest BCUT2D eigenvalue weighted by atomic mass is 15.1. The summed E-state index contributed by atoms with van der Waals surface area (Å²) in [5.74, 6) is 0.876. The van der Waals surface area contributed by atoms with Gasteiger partial charge >= 0.3 is 0 Å². The molecule has 1 aliphatic carbocycles. The van der Waals surface area contributed by atoms with Gasteiger partial charge in [-0.05, 0) is 51.7 Å². The quantitative estimate of drug-likeness (QED) is 0.665. The minimum absolute atomic E-state index is 0.775. The molecule has 1 rings (SSSR count). The van der Waals surface area contributed by atoms with Crippen LogP contribution in [-0.2, 0) is 0 Å². The molecule has 0 aromatic carbocycles. The van der Waals surface area contributed by atoms with Crippen molar-refractivity contribution < 1.29 is 0 Å². The van der Waals surface area contributed by atoms with Crippen LogP contribution in [0, 0.1) is 5.92 Å². The van der Waals surface area contributed by atoms with Crippen molar-refractivity contribution in [1.82, 2.24) is 10.2 Å². The second kappa shape index (κ2) is 9.80. The number of nitrogens with zero attached hydrogens (tertiary/aromatic N) is 1. The Kier molecular flexibility index (Phi) is 8.70. The van der Waals surface area contributed by atoms with E-state index in [1.807, 2.05) is 0 Å². The van der Waals surface area contributed by atoms with Crippen LogP contribution in [0.5, 0.6) is 0 Å². The van der Waals surface area contributed by atoms with Crippen LogP contribution in [0.3, 0.4) is 0 Å². The summed E-state index contributed by atoms with van der Waals surface area (Å²) in [6.45, 7) is 8.31. The molecule has 0 heterocycles. The molecule has 0 spiro atoms. The molecule has 108 valence electrons. The molecular formula is C16H34N2. The van der Waals surface area contributed by atoms with E-state index in [1.54, 1.807) is 0 Å². The smallest absolute Gasteiger partial charge is 0.0107 e. The van der Waals surface area contributed by atoms with Gasteiger partial charge in [-0.2, -0.15) is 0 Å². The number of hydrogen-bond donors (Lipinski definition) is 1. The van der Waals surface area contributed by atoms with Gasteiger partial charge in [0.05, 0.1) is 0 Å². The van der Waals surface area contributed by atoms with Crippen LogP contribution >= 0.6 is 0 Å². The SMILES string of the molecule is CCCCN(C)CC1CCCCCC1NCCC. The highest BCUT2D eigenvalue weighted by molar-refractivity contribution is 4.81. The molecule has 0 bridgehead atoms. The Morgan fingerprint density at radius 3 is 2.56 bits per heavy atom. The molecule has 2 atom stereocenters. The number of unbranched alkanes of at least 4 members (excludes halogenated alkanes) is 1. The van der Waals surface area contributed by atoms with Crippen molar-refractivity contribution in [2.45, 2.75) is 71.3 Å². The summed E-state index contributed by atoms with van der Waals surface area (Å²) in [6, 6.07) is 0.775. The summed E-state index contributed by atoms with van der Waals surface area (Å²) < 4.78 is 0. The molecule has 18 heavy (non-hydrogen) atoms. The fourth-order valence-electron chi connectivity index (χ4n) is 3.12. The van der Waals surface area contributed by atoms with Crippen molar-refractivity contribution in [3.05, 3.63) is 0 Å². The third kappa shape index (κ3) is 6.19. The van der Waals surface area contributed by atoms with E-state index in [4.69, 9.17) is 0 Å². The molecule has 0 saturated heterocycles. The van der Waals surface area contributed by atoms with Crippen molar-refractivity contribution in [3.8, 4) is 0 Å². The highest BCUT2D eigenvalue weighted by Gasteiger charge is 2.23. The topological polar surface area (TPSA) is 15.3 Å². The molecule has 0 amide bonds. The zero-order valence-electron chi connectivity index (χ0n) is 12.9. The molecule has 0 aliphatic heterocycles. The van der Waals surface area contributed by atoms with E-state index in [0.717, 1.165) is 12.0 Å². The number of nitrogens with one attached hydrogen (secondary N) is 1. The van der Waals surface area contributed by atoms with Crippen molar-refractivity contribution in [3.63, 3.8) is 0 Å². The second-order valence-corrected chi connectivity index (χ2v) is 6.07. The zero-order valence-corrected chi connectivity index (χ0v) is 12.9. The van der Waals surface area contributed by atoms with Gasteiger partial charge < -0.3 is 10.2 Å². The van der Waals surface area contributed by atoms with Crippen LogP contribution in [0.4, 0.5) is 0 Å². The summed E-state index contributed by atoms with van der Waals surface area (Å²) in [5.41, 5.74) is 0. The lowest BCUT2D eigenvalue weighted by atomic mass is 9.94. The minimum Gasteiger partial charge on any atom is -0.314 e. The Morgan fingerprint density at radius 1 is 1.06 bits per heavy atom. The van der Waals surface area contributed by atoms with Crippen molar-refractivity contribution >= 4 is 0 Å². The minimum atomic E-state index is 0.775. The van der Waals surface area contributed by atoms with Crippen LogP contribution in [0.15, 0.2) is 0 Å². The van der Waals surface area contributed by atoms with E-state index in [-0.39, 0.29) is 0 Å². The fourth-order valence-corrected chi connectivity index (χ4v) is 3.12. The Bertz CT molecular complexity index is 194. The van der Waals surface area contributed by atoms with Crippen LogP contribution in [0.1, 0.15) is 65.2 Å². The third-order valence-electron chi connectivity index (χ3n) is 4.26. The van der Waals surface area contributed by atoms with Gasteiger partial charge in [0, 0.05) is 12.6 Å². The van der Waals surface area contributed by atoms with Gasteiger partial charge in [0.15, 0.2) is 0 Å². The lowest BCUT2D eigenvalue weighted by Crippen LogP contribution is -2.41. The van der Waals surface area contributed by atoms with Gasteiger partial charge in [-0.1, -0.05) is 39.5 Å². The molecule has 1 aliphatic rings. The summed E-state index contributed by atoms with van der Waals surface area (Å²) in [5, 5.41) is 3.80. The molecule has 2 heteroatoms. The first-order valence-corrected chi connectivity index (χ1v) is 8.19. The Labute approximate surface area is 115 Å². The maximum atomic E-state index is 3.80. The molecule has 0 radical (unpaired) electrons. The first-order valence-electron chi connectivity index (χ1n) is 8.19. The number of hydrogen-bond acceptors (Lipinski definition) is 2. The number of rotatable bonds is 8. The Morgan fingerprint density at radius 2 is 1.83 bits per heavy atom. The van der Waals surface area contributed by atoms with Crippen LogP contribution in [0.2, 0.25) is 0 Å². The van der Waals surface area contributed by atoms with E-state index in [9.17, 15) is 0 Å². The molecule has 2 unspecified atom stereocenters. The van der Waals surface area contributed by atoms with E-state index in [1.165, 1.54) is 71.0 Å². The summed E-state index contributed by atoms with van der Waals surface area (Å²) in [7, 11) is 2.30.